The first-order valence-corrected chi connectivity index (χ1v) is 11.5. The van der Waals surface area contributed by atoms with E-state index in [1.807, 2.05) is 18.2 Å². The van der Waals surface area contributed by atoms with Crippen molar-refractivity contribution in [2.24, 2.45) is 0 Å². The van der Waals surface area contributed by atoms with E-state index in [0.29, 0.717) is 16.6 Å². The molecule has 2 rings (SSSR count). The highest BCUT2D eigenvalue weighted by Gasteiger charge is 2.49. The fourth-order valence-electron chi connectivity index (χ4n) is 4.41. The van der Waals surface area contributed by atoms with Crippen molar-refractivity contribution in [2.45, 2.75) is 89.5 Å². The SMILES string of the molecule is CC(C)[Si](O[C@H]1O[C@H](c2ccccc2)CC[C@@H]1O)(C(C)C)C(C)C. The average molecular weight is 351 g/mol. The Hall–Kier alpha value is -0.683. The van der Waals surface area contributed by atoms with E-state index >= 15 is 0 Å². The lowest BCUT2D eigenvalue weighted by molar-refractivity contribution is -0.210. The molecule has 3 nitrogen and oxygen atoms in total. The predicted octanol–water partition coefficient (Wildman–Crippen LogP) is 5.42. The number of hydrogen-bond acceptors (Lipinski definition) is 3. The predicted molar refractivity (Wildman–Crippen MR) is 101 cm³/mol. The van der Waals surface area contributed by atoms with E-state index in [4.69, 9.17) is 9.16 Å². The quantitative estimate of drug-likeness (QED) is 0.696. The summed E-state index contributed by atoms with van der Waals surface area (Å²) in [5.41, 5.74) is 2.60. The number of benzene rings is 1. The van der Waals surface area contributed by atoms with Gasteiger partial charge in [0, 0.05) is 0 Å². The molecule has 1 saturated heterocycles. The van der Waals surface area contributed by atoms with E-state index in [9.17, 15) is 5.11 Å². The lowest BCUT2D eigenvalue weighted by Gasteiger charge is -2.47. The molecule has 0 spiro atoms. The van der Waals surface area contributed by atoms with Crippen LogP contribution < -0.4 is 0 Å². The summed E-state index contributed by atoms with van der Waals surface area (Å²) in [6.07, 6.45) is 0.530. The summed E-state index contributed by atoms with van der Waals surface area (Å²) in [6.45, 7) is 13.6. The van der Waals surface area contributed by atoms with E-state index < -0.39 is 20.7 Å². The van der Waals surface area contributed by atoms with Gasteiger partial charge in [-0.2, -0.15) is 0 Å². The molecule has 1 heterocycles. The Balaban J connectivity index is 2.21. The second-order valence-corrected chi connectivity index (χ2v) is 13.4. The van der Waals surface area contributed by atoms with Crippen molar-refractivity contribution < 1.29 is 14.3 Å². The van der Waals surface area contributed by atoms with Crippen molar-refractivity contribution in [1.29, 1.82) is 0 Å². The van der Waals surface area contributed by atoms with Gasteiger partial charge in [0.25, 0.3) is 0 Å². The normalized spacial score (nSPS) is 25.7. The van der Waals surface area contributed by atoms with Crippen LogP contribution in [0.15, 0.2) is 30.3 Å². The number of rotatable bonds is 6. The van der Waals surface area contributed by atoms with Gasteiger partial charge in [0.15, 0.2) is 6.29 Å². The van der Waals surface area contributed by atoms with E-state index in [-0.39, 0.29) is 6.10 Å². The van der Waals surface area contributed by atoms with Crippen LogP contribution in [0.1, 0.15) is 66.1 Å². The highest BCUT2D eigenvalue weighted by atomic mass is 28.4. The summed E-state index contributed by atoms with van der Waals surface area (Å²) in [5.74, 6) is 0. The summed E-state index contributed by atoms with van der Waals surface area (Å²) in [7, 11) is -2.07. The van der Waals surface area contributed by atoms with Crippen molar-refractivity contribution in [3.8, 4) is 0 Å². The van der Waals surface area contributed by atoms with Gasteiger partial charge in [-0.25, -0.2) is 0 Å². The monoisotopic (exact) mass is 350 g/mol. The Morgan fingerprint density at radius 2 is 1.50 bits per heavy atom. The summed E-state index contributed by atoms with van der Waals surface area (Å²) in [6, 6.07) is 10.3. The van der Waals surface area contributed by atoms with Crippen LogP contribution in [0.2, 0.25) is 16.6 Å². The molecule has 0 saturated carbocycles. The van der Waals surface area contributed by atoms with Crippen molar-refractivity contribution in [3.63, 3.8) is 0 Å². The Bertz CT molecular complexity index is 479. The van der Waals surface area contributed by atoms with Crippen molar-refractivity contribution in [3.05, 3.63) is 35.9 Å². The van der Waals surface area contributed by atoms with Gasteiger partial charge >= 0.3 is 0 Å². The molecule has 0 aliphatic carbocycles. The second-order valence-electron chi connectivity index (χ2n) is 7.98. The molecule has 1 aliphatic heterocycles. The minimum absolute atomic E-state index is 0.0118. The largest absolute Gasteiger partial charge is 0.390 e. The number of hydrogen-bond donors (Lipinski definition) is 1. The van der Waals surface area contributed by atoms with Crippen LogP contribution >= 0.6 is 0 Å². The smallest absolute Gasteiger partial charge is 0.203 e. The minimum atomic E-state index is -2.07. The van der Waals surface area contributed by atoms with Crippen LogP contribution in [0.3, 0.4) is 0 Å². The number of aliphatic hydroxyl groups excluding tert-OH is 1. The van der Waals surface area contributed by atoms with Crippen LogP contribution in [0.4, 0.5) is 0 Å². The zero-order valence-corrected chi connectivity index (χ0v) is 17.0. The zero-order valence-electron chi connectivity index (χ0n) is 16.0. The van der Waals surface area contributed by atoms with Gasteiger partial charge in [0.2, 0.25) is 8.32 Å². The molecule has 1 aliphatic rings. The standard InChI is InChI=1S/C20H34O3Si/c1-14(2)24(15(3)4,16(5)6)23-20-18(21)12-13-19(22-20)17-10-8-7-9-11-17/h7-11,14-16,18-21H,12-13H2,1-6H3/t18-,19-,20+/m0/s1. The summed E-state index contributed by atoms with van der Waals surface area (Å²) >= 11 is 0. The van der Waals surface area contributed by atoms with E-state index in [1.54, 1.807) is 0 Å². The fraction of sp³-hybridized carbons (Fsp3) is 0.700. The van der Waals surface area contributed by atoms with Crippen LogP contribution in [-0.4, -0.2) is 25.8 Å². The van der Waals surface area contributed by atoms with E-state index in [2.05, 4.69) is 53.7 Å². The fourth-order valence-corrected chi connectivity index (χ4v) is 9.84. The molecule has 0 bridgehead atoms. The highest BCUT2D eigenvalue weighted by Crippen LogP contribution is 2.45. The Morgan fingerprint density at radius 3 is 2.00 bits per heavy atom. The van der Waals surface area contributed by atoms with Crippen LogP contribution in [-0.2, 0) is 9.16 Å². The highest BCUT2D eigenvalue weighted by molar-refractivity contribution is 6.77. The number of aliphatic hydroxyl groups is 1. The lowest BCUT2D eigenvalue weighted by Crippen LogP contribution is -2.54. The second kappa shape index (κ2) is 8.13. The summed E-state index contributed by atoms with van der Waals surface area (Å²) in [5, 5.41) is 10.5. The molecule has 24 heavy (non-hydrogen) atoms. The molecule has 0 aromatic heterocycles. The molecule has 1 N–H and O–H groups in total. The Morgan fingerprint density at radius 1 is 0.958 bits per heavy atom. The van der Waals surface area contributed by atoms with Gasteiger partial charge in [-0.3, -0.25) is 0 Å². The Labute approximate surface area is 148 Å². The third kappa shape index (κ3) is 3.93. The Kier molecular flexibility index (Phi) is 6.65. The van der Waals surface area contributed by atoms with Crippen LogP contribution in [0, 0.1) is 0 Å². The van der Waals surface area contributed by atoms with Gasteiger partial charge in [-0.05, 0) is 35.0 Å². The maximum absolute atomic E-state index is 10.5. The number of ether oxygens (including phenoxy) is 1. The van der Waals surface area contributed by atoms with Crippen LogP contribution in [0.5, 0.6) is 0 Å². The first-order chi connectivity index (χ1) is 11.3. The average Bonchev–Trinajstić information content (AvgIpc) is 2.53. The van der Waals surface area contributed by atoms with Gasteiger partial charge < -0.3 is 14.3 Å². The molecule has 0 unspecified atom stereocenters. The van der Waals surface area contributed by atoms with Crippen molar-refractivity contribution in [2.75, 3.05) is 0 Å². The van der Waals surface area contributed by atoms with Gasteiger partial charge in [0.05, 0.1) is 6.10 Å². The summed E-state index contributed by atoms with van der Waals surface area (Å²) in [4.78, 5) is 0. The molecule has 1 aromatic carbocycles. The van der Waals surface area contributed by atoms with Gasteiger partial charge in [0.1, 0.15) is 6.10 Å². The molecular weight excluding hydrogens is 316 g/mol. The minimum Gasteiger partial charge on any atom is -0.390 e. The molecule has 3 atom stereocenters. The zero-order chi connectivity index (χ0) is 17.9. The topological polar surface area (TPSA) is 38.7 Å². The molecule has 0 radical (unpaired) electrons. The van der Waals surface area contributed by atoms with Gasteiger partial charge in [-0.1, -0.05) is 71.9 Å². The van der Waals surface area contributed by atoms with E-state index in [0.717, 1.165) is 12.8 Å². The van der Waals surface area contributed by atoms with Gasteiger partial charge in [-0.15, -0.1) is 0 Å². The van der Waals surface area contributed by atoms with Crippen LogP contribution in [0.25, 0.3) is 0 Å². The molecular formula is C20H34O3Si. The first-order valence-electron chi connectivity index (χ1n) is 9.35. The third-order valence-electron chi connectivity index (χ3n) is 5.54. The maximum Gasteiger partial charge on any atom is 0.203 e. The summed E-state index contributed by atoms with van der Waals surface area (Å²) < 4.78 is 12.9. The van der Waals surface area contributed by atoms with Crippen molar-refractivity contribution in [1.82, 2.24) is 0 Å². The maximum atomic E-state index is 10.5. The molecule has 1 fully saturated rings. The van der Waals surface area contributed by atoms with E-state index in [1.165, 1.54) is 5.56 Å². The molecule has 136 valence electrons. The lowest BCUT2D eigenvalue weighted by atomic mass is 10.00. The van der Waals surface area contributed by atoms with Crippen molar-refractivity contribution >= 4 is 8.32 Å². The molecule has 4 heteroatoms. The molecule has 0 amide bonds. The molecule has 1 aromatic rings. The third-order valence-corrected chi connectivity index (χ3v) is 11.6. The first kappa shape index (κ1) is 19.6.